The number of aromatic nitrogens is 3. The SMILES string of the molecule is CCC(C(=O)N1CCCCC1)n1c2ccccc2c2cn[nH]c(=O)c21. The third-order valence-electron chi connectivity index (χ3n) is 5.18. The molecule has 1 atom stereocenters. The highest BCUT2D eigenvalue weighted by atomic mass is 16.2. The van der Waals surface area contributed by atoms with Crippen LogP contribution in [0.25, 0.3) is 21.8 Å². The van der Waals surface area contributed by atoms with Crippen molar-refractivity contribution in [3.8, 4) is 0 Å². The Bertz CT molecular complexity index is 982. The third-order valence-corrected chi connectivity index (χ3v) is 5.18. The Morgan fingerprint density at radius 2 is 1.96 bits per heavy atom. The van der Waals surface area contributed by atoms with Crippen LogP contribution in [0.3, 0.4) is 0 Å². The molecular formula is C19H22N4O2. The Morgan fingerprint density at radius 1 is 1.20 bits per heavy atom. The molecule has 1 N–H and O–H groups in total. The molecule has 6 heteroatoms. The molecule has 6 nitrogen and oxygen atoms in total. The zero-order valence-corrected chi connectivity index (χ0v) is 14.4. The first-order valence-electron chi connectivity index (χ1n) is 8.97. The van der Waals surface area contributed by atoms with E-state index in [0.29, 0.717) is 11.9 Å². The first-order valence-corrected chi connectivity index (χ1v) is 8.97. The van der Waals surface area contributed by atoms with Crippen molar-refractivity contribution >= 4 is 27.7 Å². The summed E-state index contributed by atoms with van der Waals surface area (Å²) in [7, 11) is 0. The second kappa shape index (κ2) is 6.35. The highest BCUT2D eigenvalue weighted by Crippen LogP contribution is 2.31. The molecule has 0 radical (unpaired) electrons. The molecule has 3 heterocycles. The molecule has 1 aliphatic rings. The van der Waals surface area contributed by atoms with E-state index in [-0.39, 0.29) is 17.5 Å². The van der Waals surface area contributed by atoms with Crippen LogP contribution in [0.4, 0.5) is 0 Å². The molecular weight excluding hydrogens is 316 g/mol. The van der Waals surface area contributed by atoms with E-state index in [9.17, 15) is 9.59 Å². The van der Waals surface area contributed by atoms with Gasteiger partial charge in [-0.25, -0.2) is 5.10 Å². The van der Waals surface area contributed by atoms with E-state index >= 15 is 0 Å². The first-order chi connectivity index (χ1) is 12.2. The van der Waals surface area contributed by atoms with E-state index in [1.165, 1.54) is 6.42 Å². The topological polar surface area (TPSA) is 71.0 Å². The number of H-pyrrole nitrogens is 1. The molecule has 1 aromatic carbocycles. The highest BCUT2D eigenvalue weighted by Gasteiger charge is 2.29. The number of likely N-dealkylation sites (tertiary alicyclic amines) is 1. The zero-order valence-electron chi connectivity index (χ0n) is 14.4. The summed E-state index contributed by atoms with van der Waals surface area (Å²) in [5.74, 6) is 0.112. The molecule has 1 aliphatic heterocycles. The summed E-state index contributed by atoms with van der Waals surface area (Å²) >= 11 is 0. The zero-order chi connectivity index (χ0) is 17.4. The normalized spacial score (nSPS) is 16.4. The molecule has 4 rings (SSSR count). The van der Waals surface area contributed by atoms with E-state index in [1.54, 1.807) is 6.20 Å². The van der Waals surface area contributed by atoms with Crippen molar-refractivity contribution in [1.82, 2.24) is 19.7 Å². The van der Waals surface area contributed by atoms with E-state index in [2.05, 4.69) is 10.2 Å². The summed E-state index contributed by atoms with van der Waals surface area (Å²) in [6.45, 7) is 3.62. The maximum atomic E-state index is 13.2. The minimum absolute atomic E-state index is 0.112. The number of aromatic amines is 1. The molecule has 130 valence electrons. The number of nitrogens with one attached hydrogen (secondary N) is 1. The molecule has 0 bridgehead atoms. The first kappa shape index (κ1) is 15.9. The summed E-state index contributed by atoms with van der Waals surface area (Å²) in [6.07, 6.45) is 5.61. The van der Waals surface area contributed by atoms with Crippen molar-refractivity contribution in [3.63, 3.8) is 0 Å². The van der Waals surface area contributed by atoms with Crippen LogP contribution in [-0.2, 0) is 4.79 Å². The average Bonchev–Trinajstić information content (AvgIpc) is 2.99. The van der Waals surface area contributed by atoms with Crippen molar-refractivity contribution in [2.45, 2.75) is 38.6 Å². The van der Waals surface area contributed by atoms with Gasteiger partial charge in [0, 0.05) is 23.9 Å². The van der Waals surface area contributed by atoms with Gasteiger partial charge in [0.25, 0.3) is 5.56 Å². The number of amides is 1. The smallest absolute Gasteiger partial charge is 0.288 e. The van der Waals surface area contributed by atoms with E-state index in [4.69, 9.17) is 0 Å². The third kappa shape index (κ3) is 2.52. The summed E-state index contributed by atoms with van der Waals surface area (Å²) < 4.78 is 1.92. The second-order valence-electron chi connectivity index (χ2n) is 6.66. The van der Waals surface area contributed by atoms with E-state index < -0.39 is 0 Å². The van der Waals surface area contributed by atoms with Gasteiger partial charge in [0.05, 0.1) is 11.7 Å². The quantitative estimate of drug-likeness (QED) is 0.798. The van der Waals surface area contributed by atoms with Crippen molar-refractivity contribution in [2.24, 2.45) is 0 Å². The van der Waals surface area contributed by atoms with Crippen LogP contribution < -0.4 is 5.56 Å². The summed E-state index contributed by atoms with van der Waals surface area (Å²) in [6, 6.07) is 7.47. The number of carbonyl (C=O) groups excluding carboxylic acids is 1. The predicted molar refractivity (Wildman–Crippen MR) is 97.6 cm³/mol. The minimum Gasteiger partial charge on any atom is -0.341 e. The molecule has 1 saturated heterocycles. The van der Waals surface area contributed by atoms with Gasteiger partial charge < -0.3 is 9.47 Å². The lowest BCUT2D eigenvalue weighted by Crippen LogP contribution is -2.40. The van der Waals surface area contributed by atoms with Crippen LogP contribution in [0.15, 0.2) is 35.3 Å². The predicted octanol–water partition coefficient (Wildman–Crippen LogP) is 2.84. The van der Waals surface area contributed by atoms with Gasteiger partial charge in [0.1, 0.15) is 11.6 Å². The number of nitrogens with zero attached hydrogens (tertiary/aromatic N) is 3. The van der Waals surface area contributed by atoms with Gasteiger partial charge in [0.15, 0.2) is 0 Å². The molecule has 2 aromatic heterocycles. The largest absolute Gasteiger partial charge is 0.341 e. The molecule has 0 aliphatic carbocycles. The number of rotatable bonds is 3. The molecule has 1 fully saturated rings. The van der Waals surface area contributed by atoms with Gasteiger partial charge in [-0.2, -0.15) is 5.10 Å². The standard InChI is InChI=1S/C19H22N4O2/c1-2-15(19(25)22-10-6-3-7-11-22)23-16-9-5-4-8-13(16)14-12-20-21-18(24)17(14)23/h4-5,8-9,12,15H,2-3,6-7,10-11H2,1H3,(H,21,24). The number of fused-ring (bicyclic) bond motifs is 3. The maximum Gasteiger partial charge on any atom is 0.288 e. The summed E-state index contributed by atoms with van der Waals surface area (Å²) in [4.78, 5) is 27.7. The van der Waals surface area contributed by atoms with Gasteiger partial charge in [-0.1, -0.05) is 25.1 Å². The van der Waals surface area contributed by atoms with Crippen LogP contribution >= 0.6 is 0 Å². The molecule has 0 spiro atoms. The van der Waals surface area contributed by atoms with Crippen LogP contribution in [0.2, 0.25) is 0 Å². The Kier molecular flexibility index (Phi) is 4.03. The van der Waals surface area contributed by atoms with Gasteiger partial charge in [-0.05, 0) is 31.7 Å². The fourth-order valence-corrected chi connectivity index (χ4v) is 3.98. The molecule has 0 saturated carbocycles. The molecule has 1 unspecified atom stereocenters. The van der Waals surface area contributed by atoms with Crippen LogP contribution in [0, 0.1) is 0 Å². The summed E-state index contributed by atoms with van der Waals surface area (Å²) in [5, 5.41) is 8.23. The van der Waals surface area contributed by atoms with Gasteiger partial charge in [-0.3, -0.25) is 9.59 Å². The van der Waals surface area contributed by atoms with Crippen molar-refractivity contribution < 1.29 is 4.79 Å². The van der Waals surface area contributed by atoms with Crippen LogP contribution in [-0.4, -0.2) is 38.7 Å². The Labute approximate surface area is 145 Å². The number of hydrogen-bond acceptors (Lipinski definition) is 3. The highest BCUT2D eigenvalue weighted by molar-refractivity contribution is 6.08. The van der Waals surface area contributed by atoms with Crippen LogP contribution in [0.5, 0.6) is 0 Å². The lowest BCUT2D eigenvalue weighted by atomic mass is 10.1. The maximum absolute atomic E-state index is 13.2. The number of para-hydroxylation sites is 1. The fraction of sp³-hybridized carbons (Fsp3) is 0.421. The Morgan fingerprint density at radius 3 is 2.72 bits per heavy atom. The van der Waals surface area contributed by atoms with Crippen molar-refractivity contribution in [2.75, 3.05) is 13.1 Å². The van der Waals surface area contributed by atoms with E-state index in [1.807, 2.05) is 40.7 Å². The summed E-state index contributed by atoms with van der Waals surface area (Å²) in [5.41, 5.74) is 1.19. The fourth-order valence-electron chi connectivity index (χ4n) is 3.98. The van der Waals surface area contributed by atoms with Crippen molar-refractivity contribution in [3.05, 3.63) is 40.8 Å². The molecule has 3 aromatic rings. The monoisotopic (exact) mass is 338 g/mol. The Hall–Kier alpha value is -2.63. The van der Waals surface area contributed by atoms with Gasteiger partial charge >= 0.3 is 0 Å². The molecule has 1 amide bonds. The van der Waals surface area contributed by atoms with Crippen molar-refractivity contribution in [1.29, 1.82) is 0 Å². The lowest BCUT2D eigenvalue weighted by molar-refractivity contribution is -0.135. The van der Waals surface area contributed by atoms with E-state index in [0.717, 1.165) is 42.2 Å². The lowest BCUT2D eigenvalue weighted by Gasteiger charge is -2.31. The van der Waals surface area contributed by atoms with Crippen LogP contribution in [0.1, 0.15) is 38.6 Å². The second-order valence-corrected chi connectivity index (χ2v) is 6.66. The number of benzene rings is 1. The number of carbonyl (C=O) groups is 1. The number of hydrogen-bond donors (Lipinski definition) is 1. The average molecular weight is 338 g/mol. The Balaban J connectivity index is 1.93. The minimum atomic E-state index is -0.371. The molecule has 25 heavy (non-hydrogen) atoms. The van der Waals surface area contributed by atoms with Gasteiger partial charge in [-0.15, -0.1) is 0 Å². The van der Waals surface area contributed by atoms with Gasteiger partial charge in [0.2, 0.25) is 5.91 Å². The number of piperidine rings is 1.